The van der Waals surface area contributed by atoms with Gasteiger partial charge < -0.3 is 9.84 Å². The second-order valence-electron chi connectivity index (χ2n) is 3.53. The Morgan fingerprint density at radius 2 is 2.05 bits per heavy atom. The summed E-state index contributed by atoms with van der Waals surface area (Å²) < 4.78 is 42.5. The molecule has 100 valence electrons. The van der Waals surface area contributed by atoms with Crippen molar-refractivity contribution in [3.63, 3.8) is 0 Å². The summed E-state index contributed by atoms with van der Waals surface area (Å²) in [5, 5.41) is 5.75. The van der Waals surface area contributed by atoms with E-state index in [9.17, 15) is 18.0 Å². The predicted molar refractivity (Wildman–Crippen MR) is 63.6 cm³/mol. The van der Waals surface area contributed by atoms with Crippen LogP contribution in [0.3, 0.4) is 0 Å². The number of halogens is 4. The molecule has 1 amide bonds. The van der Waals surface area contributed by atoms with E-state index in [2.05, 4.69) is 30.9 Å². The normalized spacial score (nSPS) is 11.4. The Morgan fingerprint density at radius 3 is 2.63 bits per heavy atom. The molecule has 0 aliphatic carbocycles. The first kappa shape index (κ1) is 13.6. The maximum Gasteiger partial charge on any atom is 0.416 e. The molecule has 4 nitrogen and oxygen atoms in total. The first-order chi connectivity index (χ1) is 8.88. The molecule has 8 heteroatoms. The van der Waals surface area contributed by atoms with E-state index in [1.165, 1.54) is 18.4 Å². The van der Waals surface area contributed by atoms with Gasteiger partial charge in [-0.3, -0.25) is 4.79 Å². The molecule has 2 aromatic rings. The number of alkyl halides is 3. The van der Waals surface area contributed by atoms with Crippen LogP contribution in [0.25, 0.3) is 0 Å². The summed E-state index contributed by atoms with van der Waals surface area (Å²) in [6.07, 6.45) is -3.28. The predicted octanol–water partition coefficient (Wildman–Crippen LogP) is 3.71. The van der Waals surface area contributed by atoms with Crippen molar-refractivity contribution >= 4 is 27.7 Å². The summed E-state index contributed by atoms with van der Waals surface area (Å²) >= 11 is 3.03. The van der Waals surface area contributed by atoms with E-state index < -0.39 is 17.6 Å². The van der Waals surface area contributed by atoms with Gasteiger partial charge in [0, 0.05) is 10.5 Å². The van der Waals surface area contributed by atoms with Gasteiger partial charge in [0.2, 0.25) is 0 Å². The number of carbonyl (C=O) groups is 1. The summed E-state index contributed by atoms with van der Waals surface area (Å²) in [7, 11) is 0. The fraction of sp³-hybridized carbons (Fsp3) is 0.0909. The highest BCUT2D eigenvalue weighted by Crippen LogP contribution is 2.32. The molecule has 0 aliphatic heterocycles. The summed E-state index contributed by atoms with van der Waals surface area (Å²) in [4.78, 5) is 11.8. The second-order valence-corrected chi connectivity index (χ2v) is 4.39. The van der Waals surface area contributed by atoms with Gasteiger partial charge in [-0.1, -0.05) is 5.16 Å². The third-order valence-electron chi connectivity index (χ3n) is 2.22. The van der Waals surface area contributed by atoms with Crippen LogP contribution in [0, 0.1) is 0 Å². The van der Waals surface area contributed by atoms with Crippen molar-refractivity contribution in [2.24, 2.45) is 0 Å². The van der Waals surface area contributed by atoms with Crippen molar-refractivity contribution in [2.75, 3.05) is 5.32 Å². The number of benzene rings is 1. The van der Waals surface area contributed by atoms with Crippen LogP contribution >= 0.6 is 15.9 Å². The average molecular weight is 335 g/mol. The maximum absolute atomic E-state index is 12.6. The number of hydrogen-bond acceptors (Lipinski definition) is 3. The van der Waals surface area contributed by atoms with Gasteiger partial charge in [-0.2, -0.15) is 13.2 Å². The lowest BCUT2D eigenvalue weighted by Crippen LogP contribution is -2.15. The molecule has 0 unspecified atom stereocenters. The fourth-order valence-corrected chi connectivity index (χ4v) is 1.76. The lowest BCUT2D eigenvalue weighted by molar-refractivity contribution is -0.137. The van der Waals surface area contributed by atoms with E-state index in [0.29, 0.717) is 0 Å². The average Bonchev–Trinajstić information content (AvgIpc) is 2.80. The molecule has 1 heterocycles. The van der Waals surface area contributed by atoms with Crippen LogP contribution in [-0.2, 0) is 6.18 Å². The highest BCUT2D eigenvalue weighted by molar-refractivity contribution is 9.10. The number of nitrogens with one attached hydrogen (secondary N) is 1. The van der Waals surface area contributed by atoms with Gasteiger partial charge in [0.1, 0.15) is 6.26 Å². The fourth-order valence-electron chi connectivity index (χ4n) is 1.34. The zero-order valence-corrected chi connectivity index (χ0v) is 10.7. The first-order valence-corrected chi connectivity index (χ1v) is 5.75. The molecule has 1 aromatic carbocycles. The van der Waals surface area contributed by atoms with E-state index in [0.717, 1.165) is 12.1 Å². The monoisotopic (exact) mass is 334 g/mol. The molecule has 0 aliphatic rings. The van der Waals surface area contributed by atoms with Crippen molar-refractivity contribution < 1.29 is 22.5 Å². The van der Waals surface area contributed by atoms with E-state index >= 15 is 0 Å². The largest absolute Gasteiger partial charge is 0.416 e. The molecule has 19 heavy (non-hydrogen) atoms. The third-order valence-corrected chi connectivity index (χ3v) is 2.91. The smallest absolute Gasteiger partial charge is 0.363 e. The summed E-state index contributed by atoms with van der Waals surface area (Å²) in [5.41, 5.74) is -1.04. The Balaban J connectivity index is 2.31. The highest BCUT2D eigenvalue weighted by atomic mass is 79.9. The molecule has 0 atom stereocenters. The Hall–Kier alpha value is -1.83. The van der Waals surface area contributed by atoms with E-state index in [-0.39, 0.29) is 15.9 Å². The molecular weight excluding hydrogens is 329 g/mol. The maximum atomic E-state index is 12.6. The lowest BCUT2D eigenvalue weighted by Gasteiger charge is -2.10. The van der Waals surface area contributed by atoms with Gasteiger partial charge in [0.05, 0.1) is 11.1 Å². The molecule has 0 saturated heterocycles. The van der Waals surface area contributed by atoms with Gasteiger partial charge >= 0.3 is 6.18 Å². The minimum atomic E-state index is -4.51. The number of nitrogens with zero attached hydrogens (tertiary/aromatic N) is 1. The SMILES string of the molecule is O=C(Nc1ccon1)c1cc(C(F)(F)F)ccc1Br. The van der Waals surface area contributed by atoms with E-state index in [1.807, 2.05) is 0 Å². The minimum absolute atomic E-state index is 0.120. The van der Waals surface area contributed by atoms with Gasteiger partial charge in [0.15, 0.2) is 5.82 Å². The third kappa shape index (κ3) is 3.14. The molecule has 1 N–H and O–H groups in total. The van der Waals surface area contributed by atoms with Crippen LogP contribution in [0.1, 0.15) is 15.9 Å². The van der Waals surface area contributed by atoms with Crippen LogP contribution in [-0.4, -0.2) is 11.1 Å². The molecule has 0 fully saturated rings. The number of carbonyl (C=O) groups excluding carboxylic acids is 1. The van der Waals surface area contributed by atoms with Crippen LogP contribution in [0.15, 0.2) is 39.5 Å². The number of aromatic nitrogens is 1. The van der Waals surface area contributed by atoms with Gasteiger partial charge in [-0.15, -0.1) is 0 Å². The second kappa shape index (κ2) is 5.04. The molecule has 0 bridgehead atoms. The van der Waals surface area contributed by atoms with Crippen molar-refractivity contribution in [3.05, 3.63) is 46.1 Å². The van der Waals surface area contributed by atoms with Crippen LogP contribution in [0.4, 0.5) is 19.0 Å². The summed E-state index contributed by atoms with van der Waals surface area (Å²) in [6, 6.07) is 4.19. The Morgan fingerprint density at radius 1 is 1.32 bits per heavy atom. The number of hydrogen-bond donors (Lipinski definition) is 1. The summed E-state index contributed by atoms with van der Waals surface area (Å²) in [5.74, 6) is -0.596. The van der Waals surface area contributed by atoms with Crippen LogP contribution in [0.2, 0.25) is 0 Å². The first-order valence-electron chi connectivity index (χ1n) is 4.96. The Kier molecular flexibility index (Phi) is 3.61. The number of amides is 1. The van der Waals surface area contributed by atoms with Crippen molar-refractivity contribution in [1.29, 1.82) is 0 Å². The van der Waals surface area contributed by atoms with Crippen LogP contribution < -0.4 is 5.32 Å². The molecule has 0 saturated carbocycles. The van der Waals surface area contributed by atoms with Crippen molar-refractivity contribution in [2.45, 2.75) is 6.18 Å². The quantitative estimate of drug-likeness (QED) is 0.910. The zero-order valence-electron chi connectivity index (χ0n) is 9.16. The molecule has 2 rings (SSSR count). The molecule has 0 radical (unpaired) electrons. The van der Waals surface area contributed by atoms with Crippen molar-refractivity contribution in [1.82, 2.24) is 5.16 Å². The molecule has 0 spiro atoms. The zero-order chi connectivity index (χ0) is 14.0. The minimum Gasteiger partial charge on any atom is -0.363 e. The van der Waals surface area contributed by atoms with E-state index in [4.69, 9.17) is 0 Å². The van der Waals surface area contributed by atoms with E-state index in [1.54, 1.807) is 0 Å². The van der Waals surface area contributed by atoms with Gasteiger partial charge in [-0.05, 0) is 34.1 Å². The number of anilines is 1. The molecule has 1 aromatic heterocycles. The summed E-state index contributed by atoms with van der Waals surface area (Å²) in [6.45, 7) is 0. The van der Waals surface area contributed by atoms with Crippen molar-refractivity contribution in [3.8, 4) is 0 Å². The standard InChI is InChI=1S/C11H6BrF3N2O2/c12-8-2-1-6(11(13,14)15)5-7(8)10(18)16-9-3-4-19-17-9/h1-5H,(H,16,17,18). The number of rotatable bonds is 2. The molecular formula is C11H6BrF3N2O2. The van der Waals surface area contributed by atoms with Crippen LogP contribution in [0.5, 0.6) is 0 Å². The Labute approximate surface area is 113 Å². The Bertz CT molecular complexity index is 596. The van der Waals surface area contributed by atoms with Gasteiger partial charge in [-0.25, -0.2) is 0 Å². The highest BCUT2D eigenvalue weighted by Gasteiger charge is 2.31. The lowest BCUT2D eigenvalue weighted by atomic mass is 10.1. The topological polar surface area (TPSA) is 55.1 Å². The van der Waals surface area contributed by atoms with Gasteiger partial charge in [0.25, 0.3) is 5.91 Å².